The second-order valence-electron chi connectivity index (χ2n) is 10.4. The number of pyridine rings is 2. The van der Waals surface area contributed by atoms with Gasteiger partial charge in [-0.15, -0.1) is 0 Å². The fourth-order valence-electron chi connectivity index (χ4n) is 5.36. The molecule has 0 spiro atoms. The van der Waals surface area contributed by atoms with Crippen molar-refractivity contribution in [3.05, 3.63) is 47.9 Å². The molecular weight excluding hydrogens is 452 g/mol. The molecular formula is C28H32N6O2. The van der Waals surface area contributed by atoms with Crippen LogP contribution < -0.4 is 10.2 Å². The highest BCUT2D eigenvalue weighted by Gasteiger charge is 2.42. The highest BCUT2D eigenvalue weighted by molar-refractivity contribution is 5.78. The maximum Gasteiger partial charge on any atom is 0.225 e. The molecule has 4 aliphatic rings. The molecule has 2 saturated heterocycles. The van der Waals surface area contributed by atoms with E-state index in [2.05, 4.69) is 32.7 Å². The van der Waals surface area contributed by atoms with Crippen LogP contribution in [0.3, 0.4) is 0 Å². The smallest absolute Gasteiger partial charge is 0.225 e. The first kappa shape index (κ1) is 23.0. The van der Waals surface area contributed by atoms with Gasteiger partial charge in [0.1, 0.15) is 11.9 Å². The van der Waals surface area contributed by atoms with Crippen LogP contribution in [0.25, 0.3) is 6.08 Å². The Hall–Kier alpha value is -3.44. The first-order valence-electron chi connectivity index (χ1n) is 13.1. The van der Waals surface area contributed by atoms with Crippen molar-refractivity contribution in [3.8, 4) is 6.07 Å². The lowest BCUT2D eigenvalue weighted by Crippen LogP contribution is -2.57. The molecule has 0 aromatic carbocycles. The molecule has 8 heteroatoms. The summed E-state index contributed by atoms with van der Waals surface area (Å²) in [5.74, 6) is 1.91. The molecule has 1 N–H and O–H groups in total. The minimum absolute atomic E-state index is 0.0892. The molecule has 2 aliphatic heterocycles. The van der Waals surface area contributed by atoms with E-state index in [1.807, 2.05) is 18.2 Å². The summed E-state index contributed by atoms with van der Waals surface area (Å²) in [5, 5.41) is 13.6. The van der Waals surface area contributed by atoms with Gasteiger partial charge in [0.2, 0.25) is 5.91 Å². The molecule has 2 aromatic rings. The topological polar surface area (TPSA) is 94.4 Å². The summed E-state index contributed by atoms with van der Waals surface area (Å²) in [6.45, 7) is 6.66. The van der Waals surface area contributed by atoms with Gasteiger partial charge in [-0.05, 0) is 62.3 Å². The van der Waals surface area contributed by atoms with Gasteiger partial charge in [-0.2, -0.15) is 5.26 Å². The second kappa shape index (κ2) is 9.55. The summed E-state index contributed by atoms with van der Waals surface area (Å²) < 4.78 is 5.51. The van der Waals surface area contributed by atoms with Crippen molar-refractivity contribution in [3.63, 3.8) is 0 Å². The van der Waals surface area contributed by atoms with Gasteiger partial charge in [0.05, 0.1) is 41.2 Å². The number of hydrogen-bond acceptors (Lipinski definition) is 7. The van der Waals surface area contributed by atoms with Crippen LogP contribution in [0.5, 0.6) is 0 Å². The SMILES string of the molecule is C=Cc1cc(Nc2cc(C#N)c(N3CCN(C(=O)C[C@H]4CCO4)[C@H](C4CC4)C3)nc2C2CC2)ccn1. The number of carbonyl (C=O) groups excluding carboxylic acids is 1. The van der Waals surface area contributed by atoms with E-state index >= 15 is 0 Å². The van der Waals surface area contributed by atoms with Crippen molar-refractivity contribution in [1.82, 2.24) is 14.9 Å². The Balaban J connectivity index is 1.26. The minimum atomic E-state index is 0.0892. The molecule has 2 aromatic heterocycles. The van der Waals surface area contributed by atoms with Gasteiger partial charge in [0.15, 0.2) is 0 Å². The predicted molar refractivity (Wildman–Crippen MR) is 138 cm³/mol. The largest absolute Gasteiger partial charge is 0.377 e. The Labute approximate surface area is 212 Å². The van der Waals surface area contributed by atoms with Gasteiger partial charge < -0.3 is 19.9 Å². The van der Waals surface area contributed by atoms with E-state index in [4.69, 9.17) is 9.72 Å². The van der Waals surface area contributed by atoms with Crippen molar-refractivity contribution in [1.29, 1.82) is 5.26 Å². The zero-order chi connectivity index (χ0) is 24.6. The Kier molecular flexibility index (Phi) is 6.10. The van der Waals surface area contributed by atoms with Gasteiger partial charge in [-0.25, -0.2) is 4.98 Å². The first-order valence-corrected chi connectivity index (χ1v) is 13.1. The first-order chi connectivity index (χ1) is 17.6. The number of nitriles is 1. The quantitative estimate of drug-likeness (QED) is 0.599. The number of aromatic nitrogens is 2. The third-order valence-electron chi connectivity index (χ3n) is 7.79. The van der Waals surface area contributed by atoms with Gasteiger partial charge in [0.25, 0.3) is 0 Å². The Morgan fingerprint density at radius 2 is 2.08 bits per heavy atom. The van der Waals surface area contributed by atoms with Crippen LogP contribution in [-0.2, 0) is 9.53 Å². The zero-order valence-electron chi connectivity index (χ0n) is 20.5. The lowest BCUT2D eigenvalue weighted by Gasteiger charge is -2.43. The van der Waals surface area contributed by atoms with E-state index in [1.165, 1.54) is 0 Å². The molecule has 2 atom stereocenters. The van der Waals surface area contributed by atoms with Crippen LogP contribution in [0, 0.1) is 17.2 Å². The molecule has 0 bridgehead atoms. The van der Waals surface area contributed by atoms with Crippen molar-refractivity contribution < 1.29 is 9.53 Å². The zero-order valence-corrected chi connectivity index (χ0v) is 20.5. The van der Waals surface area contributed by atoms with E-state index in [9.17, 15) is 10.1 Å². The van der Waals surface area contributed by atoms with Crippen LogP contribution in [0.1, 0.15) is 61.4 Å². The van der Waals surface area contributed by atoms with E-state index in [0.29, 0.717) is 36.9 Å². The number of rotatable bonds is 8. The summed E-state index contributed by atoms with van der Waals surface area (Å²) in [6.07, 6.45) is 9.56. The third-order valence-corrected chi connectivity index (χ3v) is 7.79. The van der Waals surface area contributed by atoms with Gasteiger partial charge >= 0.3 is 0 Å². The maximum atomic E-state index is 13.1. The number of nitrogens with one attached hydrogen (secondary N) is 1. The van der Waals surface area contributed by atoms with E-state index in [0.717, 1.165) is 73.8 Å². The monoisotopic (exact) mass is 484 g/mol. The van der Waals surface area contributed by atoms with Gasteiger partial charge in [0, 0.05) is 44.0 Å². The molecule has 4 fully saturated rings. The molecule has 2 aliphatic carbocycles. The molecule has 8 nitrogen and oxygen atoms in total. The van der Waals surface area contributed by atoms with Crippen molar-refractivity contribution >= 4 is 29.2 Å². The van der Waals surface area contributed by atoms with Crippen molar-refractivity contribution in [2.75, 3.05) is 36.5 Å². The molecule has 186 valence electrons. The molecule has 6 rings (SSSR count). The van der Waals surface area contributed by atoms with Crippen molar-refractivity contribution in [2.45, 2.75) is 56.6 Å². The molecule has 2 saturated carbocycles. The number of ether oxygens (including phenoxy) is 1. The standard InChI is InChI=1S/C28H32N6O2/c1-2-21-14-22(7-9-30-21)31-24-13-20(16-29)28(32-27(24)19-5-6-19)33-10-11-34(25(17-33)18-3-4-18)26(35)15-23-8-12-36-23/h2,7,9,13-14,18-19,23,25H,1,3-6,8,10-12,15,17H2,(H,30,31)/t23-,25+/m1/s1. The summed E-state index contributed by atoms with van der Waals surface area (Å²) in [5.41, 5.74) is 4.16. The normalized spacial score (nSPS) is 23.5. The molecule has 0 radical (unpaired) electrons. The van der Waals surface area contributed by atoms with E-state index in [1.54, 1.807) is 12.3 Å². The predicted octanol–water partition coefficient (Wildman–Crippen LogP) is 4.22. The number of carbonyl (C=O) groups is 1. The van der Waals surface area contributed by atoms with Crippen LogP contribution in [-0.4, -0.2) is 59.2 Å². The average Bonchev–Trinajstić information content (AvgIpc) is 3.79. The van der Waals surface area contributed by atoms with Crippen molar-refractivity contribution in [2.24, 2.45) is 5.92 Å². The Morgan fingerprint density at radius 3 is 2.75 bits per heavy atom. The summed E-state index contributed by atoms with van der Waals surface area (Å²) in [7, 11) is 0. The summed E-state index contributed by atoms with van der Waals surface area (Å²) in [4.78, 5) is 26.8. The number of amides is 1. The number of anilines is 3. The molecule has 4 heterocycles. The molecule has 0 unspecified atom stereocenters. The number of piperazine rings is 1. The maximum absolute atomic E-state index is 13.1. The Morgan fingerprint density at radius 1 is 1.25 bits per heavy atom. The van der Waals surface area contributed by atoms with Crippen LogP contribution in [0.15, 0.2) is 31.0 Å². The highest BCUT2D eigenvalue weighted by atomic mass is 16.5. The third kappa shape index (κ3) is 4.68. The minimum Gasteiger partial charge on any atom is -0.377 e. The Bertz CT molecular complexity index is 1210. The molecule has 1 amide bonds. The highest BCUT2D eigenvalue weighted by Crippen LogP contribution is 2.45. The number of hydrogen-bond donors (Lipinski definition) is 1. The lowest BCUT2D eigenvalue weighted by atomic mass is 10.0. The fraction of sp³-hybridized carbons (Fsp3) is 0.500. The van der Waals surface area contributed by atoms with Crippen LogP contribution >= 0.6 is 0 Å². The summed E-state index contributed by atoms with van der Waals surface area (Å²) >= 11 is 0. The summed E-state index contributed by atoms with van der Waals surface area (Å²) in [6, 6.07) is 8.37. The van der Waals surface area contributed by atoms with E-state index < -0.39 is 0 Å². The fourth-order valence-corrected chi connectivity index (χ4v) is 5.36. The second-order valence-corrected chi connectivity index (χ2v) is 10.4. The van der Waals surface area contributed by atoms with E-state index in [-0.39, 0.29) is 18.1 Å². The van der Waals surface area contributed by atoms with Gasteiger partial charge in [-0.3, -0.25) is 9.78 Å². The molecule has 36 heavy (non-hydrogen) atoms. The van der Waals surface area contributed by atoms with Crippen LogP contribution in [0.4, 0.5) is 17.2 Å². The number of nitrogens with zero attached hydrogens (tertiary/aromatic N) is 5. The van der Waals surface area contributed by atoms with Gasteiger partial charge in [-0.1, -0.05) is 6.58 Å². The average molecular weight is 485 g/mol. The lowest BCUT2D eigenvalue weighted by molar-refractivity contribution is -0.142. The van der Waals surface area contributed by atoms with Crippen LogP contribution in [0.2, 0.25) is 0 Å².